The van der Waals surface area contributed by atoms with Gasteiger partial charge < -0.3 is 10.4 Å². The third-order valence-corrected chi connectivity index (χ3v) is 5.09. The molecular weight excluding hydrogens is 250 g/mol. The van der Waals surface area contributed by atoms with E-state index in [4.69, 9.17) is 0 Å². The van der Waals surface area contributed by atoms with Crippen LogP contribution in [-0.2, 0) is 9.84 Å². The van der Waals surface area contributed by atoms with Gasteiger partial charge in [0.25, 0.3) is 0 Å². The van der Waals surface area contributed by atoms with Crippen LogP contribution in [-0.4, -0.2) is 43.7 Å². The summed E-state index contributed by atoms with van der Waals surface area (Å²) in [6.45, 7) is 2.75. The van der Waals surface area contributed by atoms with Crippen molar-refractivity contribution in [2.75, 3.05) is 18.1 Å². The Labute approximate surface area is 108 Å². The van der Waals surface area contributed by atoms with Crippen LogP contribution in [0.2, 0.25) is 0 Å². The molecule has 5 heteroatoms. The first-order valence-electron chi connectivity index (χ1n) is 6.15. The molecule has 1 fully saturated rings. The third kappa shape index (κ3) is 3.31. The number of benzene rings is 1. The highest BCUT2D eigenvalue weighted by molar-refractivity contribution is 7.91. The van der Waals surface area contributed by atoms with Gasteiger partial charge in [0.15, 0.2) is 9.84 Å². The van der Waals surface area contributed by atoms with Crippen molar-refractivity contribution in [1.82, 2.24) is 5.32 Å². The van der Waals surface area contributed by atoms with Gasteiger partial charge in [-0.1, -0.05) is 37.3 Å². The summed E-state index contributed by atoms with van der Waals surface area (Å²) >= 11 is 0. The lowest BCUT2D eigenvalue weighted by molar-refractivity contribution is 0.165. The van der Waals surface area contributed by atoms with Gasteiger partial charge in [-0.15, -0.1) is 0 Å². The van der Waals surface area contributed by atoms with Gasteiger partial charge in [0.2, 0.25) is 0 Å². The fraction of sp³-hybridized carbons (Fsp3) is 0.538. The molecule has 0 saturated carbocycles. The van der Waals surface area contributed by atoms with Crippen LogP contribution >= 0.6 is 0 Å². The van der Waals surface area contributed by atoms with E-state index in [1.807, 2.05) is 30.3 Å². The van der Waals surface area contributed by atoms with Gasteiger partial charge in [-0.25, -0.2) is 8.42 Å². The van der Waals surface area contributed by atoms with E-state index < -0.39 is 15.9 Å². The molecule has 0 radical (unpaired) electrons. The van der Waals surface area contributed by atoms with E-state index in [0.717, 1.165) is 0 Å². The van der Waals surface area contributed by atoms with Crippen LogP contribution in [0, 0.1) is 0 Å². The van der Waals surface area contributed by atoms with Gasteiger partial charge in [0, 0.05) is 12.6 Å². The van der Waals surface area contributed by atoms with Crippen molar-refractivity contribution in [2.24, 2.45) is 0 Å². The molecule has 1 saturated heterocycles. The summed E-state index contributed by atoms with van der Waals surface area (Å²) in [7, 11) is -3.07. The molecule has 0 aliphatic carbocycles. The van der Waals surface area contributed by atoms with E-state index in [1.165, 1.54) is 5.56 Å². The second-order valence-corrected chi connectivity index (χ2v) is 7.12. The Morgan fingerprint density at radius 1 is 1.33 bits per heavy atom. The lowest BCUT2D eigenvalue weighted by Crippen LogP contribution is -2.40. The Morgan fingerprint density at radius 2 is 2.00 bits per heavy atom. The van der Waals surface area contributed by atoms with Crippen molar-refractivity contribution in [3.63, 3.8) is 0 Å². The Bertz CT molecular complexity index is 486. The highest BCUT2D eigenvalue weighted by Crippen LogP contribution is 2.16. The lowest BCUT2D eigenvalue weighted by Gasteiger charge is -2.18. The molecular formula is C13H19NO3S. The summed E-state index contributed by atoms with van der Waals surface area (Å²) < 4.78 is 22.7. The summed E-state index contributed by atoms with van der Waals surface area (Å²) in [5, 5.41) is 12.8. The van der Waals surface area contributed by atoms with Gasteiger partial charge >= 0.3 is 0 Å². The zero-order valence-electron chi connectivity index (χ0n) is 10.4. The molecule has 0 spiro atoms. The monoisotopic (exact) mass is 269 g/mol. The van der Waals surface area contributed by atoms with Crippen molar-refractivity contribution < 1.29 is 13.5 Å². The molecule has 3 unspecified atom stereocenters. The number of sulfone groups is 1. The lowest BCUT2D eigenvalue weighted by atomic mass is 10.0. The zero-order valence-corrected chi connectivity index (χ0v) is 11.2. The van der Waals surface area contributed by atoms with E-state index in [-0.39, 0.29) is 17.5 Å². The van der Waals surface area contributed by atoms with Gasteiger partial charge in [-0.2, -0.15) is 0 Å². The predicted molar refractivity (Wildman–Crippen MR) is 71.3 cm³/mol. The highest BCUT2D eigenvalue weighted by Gasteiger charge is 2.36. The molecule has 2 rings (SSSR count). The molecule has 1 aromatic rings. The maximum absolute atomic E-state index is 11.4. The minimum absolute atomic E-state index is 0.0374. The number of aliphatic hydroxyl groups excluding tert-OH is 1. The Kier molecular flexibility index (Phi) is 4.04. The Balaban J connectivity index is 1.89. The summed E-state index contributed by atoms with van der Waals surface area (Å²) in [4.78, 5) is 0. The second kappa shape index (κ2) is 5.38. The van der Waals surface area contributed by atoms with Crippen LogP contribution in [0.3, 0.4) is 0 Å². The summed E-state index contributed by atoms with van der Waals surface area (Å²) in [6.07, 6.45) is -0.780. The fourth-order valence-electron chi connectivity index (χ4n) is 2.25. The number of hydrogen-bond acceptors (Lipinski definition) is 4. The normalized spacial score (nSPS) is 28.1. The quantitative estimate of drug-likeness (QED) is 0.837. The minimum atomic E-state index is -3.07. The van der Waals surface area contributed by atoms with Crippen LogP contribution < -0.4 is 5.32 Å². The van der Waals surface area contributed by atoms with E-state index in [9.17, 15) is 13.5 Å². The molecule has 1 aliphatic heterocycles. The van der Waals surface area contributed by atoms with Gasteiger partial charge in [-0.05, 0) is 11.5 Å². The number of aliphatic hydroxyl groups is 1. The van der Waals surface area contributed by atoms with E-state index in [0.29, 0.717) is 12.5 Å². The molecule has 18 heavy (non-hydrogen) atoms. The molecule has 0 bridgehead atoms. The van der Waals surface area contributed by atoms with Crippen LogP contribution in [0.15, 0.2) is 30.3 Å². The molecule has 0 aromatic heterocycles. The molecule has 0 amide bonds. The predicted octanol–water partition coefficient (Wildman–Crippen LogP) is 0.538. The van der Waals surface area contributed by atoms with E-state index in [1.54, 1.807) is 0 Å². The Morgan fingerprint density at radius 3 is 2.56 bits per heavy atom. The van der Waals surface area contributed by atoms with Crippen molar-refractivity contribution in [3.8, 4) is 0 Å². The summed E-state index contributed by atoms with van der Waals surface area (Å²) in [6, 6.07) is 9.71. The molecule has 1 aliphatic rings. The molecule has 1 heterocycles. The Hall–Kier alpha value is -0.910. The van der Waals surface area contributed by atoms with E-state index in [2.05, 4.69) is 12.2 Å². The molecule has 3 atom stereocenters. The number of rotatable bonds is 4. The standard InChI is InChI=1S/C13H19NO3S/c1-10(11-5-3-2-4-6-11)7-14-12-8-18(16,17)9-13(12)15/h2-6,10,12-15H,7-9H2,1H3. The summed E-state index contributed by atoms with van der Waals surface area (Å²) in [5.41, 5.74) is 1.21. The molecule has 1 aromatic carbocycles. The van der Waals surface area contributed by atoms with Gasteiger partial charge in [0.05, 0.1) is 17.6 Å². The van der Waals surface area contributed by atoms with Crippen LogP contribution in [0.4, 0.5) is 0 Å². The molecule has 100 valence electrons. The van der Waals surface area contributed by atoms with Gasteiger partial charge in [-0.3, -0.25) is 0 Å². The number of nitrogens with one attached hydrogen (secondary N) is 1. The maximum atomic E-state index is 11.4. The first-order valence-corrected chi connectivity index (χ1v) is 7.97. The van der Waals surface area contributed by atoms with Gasteiger partial charge in [0.1, 0.15) is 0 Å². The average Bonchev–Trinajstić information content (AvgIpc) is 2.60. The maximum Gasteiger partial charge on any atom is 0.154 e. The highest BCUT2D eigenvalue weighted by atomic mass is 32.2. The topological polar surface area (TPSA) is 66.4 Å². The third-order valence-electron chi connectivity index (χ3n) is 3.38. The van der Waals surface area contributed by atoms with Crippen molar-refractivity contribution in [3.05, 3.63) is 35.9 Å². The van der Waals surface area contributed by atoms with Crippen molar-refractivity contribution >= 4 is 9.84 Å². The van der Waals surface area contributed by atoms with Crippen molar-refractivity contribution in [1.29, 1.82) is 0 Å². The fourth-order valence-corrected chi connectivity index (χ4v) is 4.03. The first kappa shape index (κ1) is 13.5. The smallest absolute Gasteiger partial charge is 0.154 e. The largest absolute Gasteiger partial charge is 0.390 e. The van der Waals surface area contributed by atoms with Crippen LogP contribution in [0.5, 0.6) is 0 Å². The second-order valence-electron chi connectivity index (χ2n) is 4.97. The van der Waals surface area contributed by atoms with Crippen LogP contribution in [0.1, 0.15) is 18.4 Å². The van der Waals surface area contributed by atoms with Crippen molar-refractivity contribution in [2.45, 2.75) is 25.0 Å². The molecule has 2 N–H and O–H groups in total. The molecule has 4 nitrogen and oxygen atoms in total. The SMILES string of the molecule is CC(CNC1CS(=O)(=O)CC1O)c1ccccc1. The summed E-state index contributed by atoms with van der Waals surface area (Å²) in [5.74, 6) is 0.210. The first-order chi connectivity index (χ1) is 8.48. The average molecular weight is 269 g/mol. The minimum Gasteiger partial charge on any atom is -0.390 e. The van der Waals surface area contributed by atoms with E-state index >= 15 is 0 Å². The number of hydrogen-bond donors (Lipinski definition) is 2. The van der Waals surface area contributed by atoms with Crippen LogP contribution in [0.25, 0.3) is 0 Å². The zero-order chi connectivity index (χ0) is 13.2.